The van der Waals surface area contributed by atoms with Gasteiger partial charge in [0.2, 0.25) is 0 Å². The van der Waals surface area contributed by atoms with Crippen molar-refractivity contribution in [2.24, 2.45) is 0 Å². The maximum Gasteiger partial charge on any atom is 0.280 e. The van der Waals surface area contributed by atoms with E-state index in [4.69, 9.17) is 0 Å². The molecular weight excluding hydrogens is 397 g/mol. The molecular formula is C20H14FN3O4S. The van der Waals surface area contributed by atoms with Gasteiger partial charge in [-0.3, -0.25) is 24.2 Å². The van der Waals surface area contributed by atoms with Crippen LogP contribution in [0.4, 0.5) is 10.1 Å². The van der Waals surface area contributed by atoms with Crippen molar-refractivity contribution in [3.8, 4) is 0 Å². The Labute approximate surface area is 165 Å². The molecule has 0 saturated heterocycles. The number of sulfonamides is 1. The van der Waals surface area contributed by atoms with Crippen molar-refractivity contribution in [1.29, 1.82) is 0 Å². The van der Waals surface area contributed by atoms with E-state index < -0.39 is 27.7 Å². The highest BCUT2D eigenvalue weighted by Crippen LogP contribution is 2.24. The smallest absolute Gasteiger partial charge is 0.277 e. The number of hydrogen-bond donors (Lipinski definition) is 1. The predicted octanol–water partition coefficient (Wildman–Crippen LogP) is 2.82. The molecule has 2 amide bonds. The molecule has 0 atom stereocenters. The number of amides is 2. The second-order valence-electron chi connectivity index (χ2n) is 6.33. The van der Waals surface area contributed by atoms with Gasteiger partial charge in [0.05, 0.1) is 22.7 Å². The van der Waals surface area contributed by atoms with Gasteiger partial charge in [-0.2, -0.15) is 0 Å². The van der Waals surface area contributed by atoms with E-state index in [0.717, 1.165) is 11.0 Å². The number of hydrogen-bond acceptors (Lipinski definition) is 5. The molecule has 9 heteroatoms. The molecule has 7 nitrogen and oxygen atoms in total. The van der Waals surface area contributed by atoms with Gasteiger partial charge < -0.3 is 0 Å². The third-order valence-electron chi connectivity index (χ3n) is 4.42. The van der Waals surface area contributed by atoms with Gasteiger partial charge in [0.25, 0.3) is 21.8 Å². The number of rotatable bonds is 5. The number of halogens is 1. The first-order valence-electron chi connectivity index (χ1n) is 8.54. The topological polar surface area (TPSA) is 96.4 Å². The molecule has 0 spiro atoms. The molecule has 0 unspecified atom stereocenters. The average molecular weight is 411 g/mol. The number of carbonyl (C=O) groups is 2. The van der Waals surface area contributed by atoms with Crippen molar-refractivity contribution in [2.45, 2.75) is 11.4 Å². The van der Waals surface area contributed by atoms with Gasteiger partial charge in [-0.25, -0.2) is 12.8 Å². The summed E-state index contributed by atoms with van der Waals surface area (Å²) >= 11 is 0. The lowest BCUT2D eigenvalue weighted by Crippen LogP contribution is -2.29. The number of benzene rings is 2. The Morgan fingerprint density at radius 3 is 2.34 bits per heavy atom. The Kier molecular flexibility index (Phi) is 4.59. The van der Waals surface area contributed by atoms with Crippen molar-refractivity contribution in [3.63, 3.8) is 0 Å². The fraction of sp³-hybridized carbons (Fsp3) is 0.0500. The SMILES string of the molecule is O=C1c2cccnc2C(=O)N1Cc1ccc(S(=O)(=O)Nc2ccccc2F)cc1. The van der Waals surface area contributed by atoms with Gasteiger partial charge >= 0.3 is 0 Å². The average Bonchev–Trinajstić information content (AvgIpc) is 2.95. The van der Waals surface area contributed by atoms with Crippen LogP contribution in [0.2, 0.25) is 0 Å². The summed E-state index contributed by atoms with van der Waals surface area (Å²) in [4.78, 5) is 29.7. The minimum absolute atomic E-state index is 0.0188. The van der Waals surface area contributed by atoms with Crippen molar-refractivity contribution in [2.75, 3.05) is 4.72 Å². The van der Waals surface area contributed by atoms with Gasteiger partial charge in [-0.05, 0) is 42.0 Å². The van der Waals surface area contributed by atoms with Crippen LogP contribution in [0.5, 0.6) is 0 Å². The number of nitrogens with zero attached hydrogens (tertiary/aromatic N) is 2. The molecule has 1 aromatic heterocycles. The maximum atomic E-state index is 13.7. The van der Waals surface area contributed by atoms with E-state index in [2.05, 4.69) is 9.71 Å². The zero-order valence-electron chi connectivity index (χ0n) is 14.9. The van der Waals surface area contributed by atoms with Gasteiger partial charge in [-0.1, -0.05) is 24.3 Å². The normalized spacial score (nSPS) is 13.5. The van der Waals surface area contributed by atoms with E-state index in [-0.39, 0.29) is 28.4 Å². The van der Waals surface area contributed by atoms with Crippen LogP contribution in [0, 0.1) is 5.82 Å². The number of anilines is 1. The zero-order valence-corrected chi connectivity index (χ0v) is 15.7. The molecule has 0 saturated carbocycles. The lowest BCUT2D eigenvalue weighted by atomic mass is 10.2. The molecule has 4 rings (SSSR count). The molecule has 0 aliphatic carbocycles. The Hall–Kier alpha value is -3.59. The number of para-hydroxylation sites is 1. The summed E-state index contributed by atoms with van der Waals surface area (Å²) in [5.74, 6) is -1.63. The molecule has 146 valence electrons. The first kappa shape index (κ1) is 18.8. The Balaban J connectivity index is 1.52. The number of imide groups is 1. The van der Waals surface area contributed by atoms with E-state index in [1.54, 1.807) is 6.07 Å². The molecule has 0 fully saturated rings. The van der Waals surface area contributed by atoms with Crippen LogP contribution < -0.4 is 4.72 Å². The first-order valence-corrected chi connectivity index (χ1v) is 10.0. The number of carbonyl (C=O) groups excluding carboxylic acids is 2. The van der Waals surface area contributed by atoms with Gasteiger partial charge in [-0.15, -0.1) is 0 Å². The number of fused-ring (bicyclic) bond motifs is 1. The first-order chi connectivity index (χ1) is 13.9. The molecule has 3 aromatic rings. The summed E-state index contributed by atoms with van der Waals surface area (Å²) in [7, 11) is -3.99. The van der Waals surface area contributed by atoms with Crippen molar-refractivity contribution in [3.05, 3.63) is 89.5 Å². The van der Waals surface area contributed by atoms with Gasteiger partial charge in [0, 0.05) is 6.20 Å². The van der Waals surface area contributed by atoms with E-state index in [0.29, 0.717) is 5.56 Å². The summed E-state index contributed by atoms with van der Waals surface area (Å²) in [5, 5.41) is 0. The lowest BCUT2D eigenvalue weighted by molar-refractivity contribution is 0.0640. The Morgan fingerprint density at radius 1 is 0.931 bits per heavy atom. The van der Waals surface area contributed by atoms with Crippen molar-refractivity contribution < 1.29 is 22.4 Å². The van der Waals surface area contributed by atoms with Crippen LogP contribution in [0.3, 0.4) is 0 Å². The third kappa shape index (κ3) is 3.47. The zero-order chi connectivity index (χ0) is 20.6. The summed E-state index contributed by atoms with van der Waals surface area (Å²) in [6.45, 7) is -0.0188. The van der Waals surface area contributed by atoms with Crippen LogP contribution >= 0.6 is 0 Å². The molecule has 2 heterocycles. The Morgan fingerprint density at radius 2 is 1.66 bits per heavy atom. The van der Waals surface area contributed by atoms with Crippen LogP contribution in [-0.4, -0.2) is 30.1 Å². The molecule has 29 heavy (non-hydrogen) atoms. The second-order valence-corrected chi connectivity index (χ2v) is 8.01. The van der Waals surface area contributed by atoms with Crippen LogP contribution in [0.25, 0.3) is 0 Å². The fourth-order valence-corrected chi connectivity index (χ4v) is 4.03. The standard InChI is InChI=1S/C20H14FN3O4S/c21-16-5-1-2-6-17(16)23-29(27,28)14-9-7-13(8-10-14)12-24-19(25)15-4-3-11-22-18(15)20(24)26/h1-11,23H,12H2. The van der Waals surface area contributed by atoms with Gasteiger partial charge in [0.15, 0.2) is 0 Å². The summed E-state index contributed by atoms with van der Waals surface area (Å²) in [6.07, 6.45) is 1.44. The predicted molar refractivity (Wildman–Crippen MR) is 102 cm³/mol. The third-order valence-corrected chi connectivity index (χ3v) is 5.80. The van der Waals surface area contributed by atoms with Crippen LogP contribution in [-0.2, 0) is 16.6 Å². The highest BCUT2D eigenvalue weighted by molar-refractivity contribution is 7.92. The minimum Gasteiger partial charge on any atom is -0.277 e. The van der Waals surface area contributed by atoms with Crippen molar-refractivity contribution in [1.82, 2.24) is 9.88 Å². The molecule has 0 radical (unpaired) electrons. The lowest BCUT2D eigenvalue weighted by Gasteiger charge is -2.14. The van der Waals surface area contributed by atoms with Crippen LogP contribution in [0.1, 0.15) is 26.4 Å². The van der Waals surface area contributed by atoms with E-state index in [9.17, 15) is 22.4 Å². The largest absolute Gasteiger partial charge is 0.280 e. The minimum atomic E-state index is -3.99. The monoisotopic (exact) mass is 411 g/mol. The number of aromatic nitrogens is 1. The summed E-state index contributed by atoms with van der Waals surface area (Å²) < 4.78 is 40.8. The van der Waals surface area contributed by atoms with Crippen molar-refractivity contribution >= 4 is 27.5 Å². The fourth-order valence-electron chi connectivity index (χ4n) is 2.96. The van der Waals surface area contributed by atoms with Crippen LogP contribution in [0.15, 0.2) is 71.8 Å². The summed E-state index contributed by atoms with van der Waals surface area (Å²) in [6, 6.07) is 14.2. The quantitative estimate of drug-likeness (QED) is 0.652. The summed E-state index contributed by atoms with van der Waals surface area (Å²) in [5.41, 5.74) is 0.746. The Bertz CT molecular complexity index is 1190. The molecule has 1 aliphatic heterocycles. The van der Waals surface area contributed by atoms with E-state index >= 15 is 0 Å². The number of nitrogens with one attached hydrogen (secondary N) is 1. The highest BCUT2D eigenvalue weighted by Gasteiger charge is 2.36. The van der Waals surface area contributed by atoms with E-state index in [1.165, 1.54) is 54.7 Å². The molecule has 0 bridgehead atoms. The molecule has 1 N–H and O–H groups in total. The molecule has 2 aromatic carbocycles. The maximum absolute atomic E-state index is 13.7. The van der Waals surface area contributed by atoms with Gasteiger partial charge in [0.1, 0.15) is 11.5 Å². The van der Waals surface area contributed by atoms with E-state index in [1.807, 2.05) is 0 Å². The second kappa shape index (κ2) is 7.10. The molecule has 1 aliphatic rings. The number of pyridine rings is 1. The highest BCUT2D eigenvalue weighted by atomic mass is 32.2.